The summed E-state index contributed by atoms with van der Waals surface area (Å²) in [6, 6.07) is 18.2. The Balaban J connectivity index is 1.57. The summed E-state index contributed by atoms with van der Waals surface area (Å²) in [5.74, 6) is 0.113. The molecule has 1 aliphatic heterocycles. The number of thioether (sulfide) groups is 1. The average molecular weight is 628 g/mol. The molecule has 1 heterocycles. The van der Waals surface area contributed by atoms with Crippen LogP contribution < -0.4 is 9.47 Å². The van der Waals surface area contributed by atoms with Crippen molar-refractivity contribution in [1.29, 1.82) is 0 Å². The molecule has 4 rings (SSSR count). The molecule has 1 saturated heterocycles. The molecular formula is C28H25IN2O5S. The number of carbonyl (C=O) groups is 2. The van der Waals surface area contributed by atoms with Gasteiger partial charge in [0.05, 0.1) is 26.3 Å². The van der Waals surface area contributed by atoms with Gasteiger partial charge in [-0.05, 0) is 102 Å². The van der Waals surface area contributed by atoms with E-state index in [1.165, 1.54) is 34.4 Å². The lowest BCUT2D eigenvalue weighted by molar-refractivity contribution is -0.121. The fourth-order valence-corrected chi connectivity index (χ4v) is 5.27. The molecule has 1 aliphatic rings. The molecule has 1 amide bonds. The Morgan fingerprint density at radius 1 is 1.11 bits per heavy atom. The van der Waals surface area contributed by atoms with E-state index in [0.717, 1.165) is 14.7 Å². The molecule has 0 aromatic heterocycles. The van der Waals surface area contributed by atoms with E-state index in [4.69, 9.17) is 14.6 Å². The van der Waals surface area contributed by atoms with Crippen molar-refractivity contribution in [2.75, 3.05) is 13.7 Å². The number of carbonyl (C=O) groups excluding carboxylic acids is 1. The number of carboxylic acid groups (broad SMARTS) is 1. The largest absolute Gasteiger partial charge is 0.490 e. The van der Waals surface area contributed by atoms with Crippen LogP contribution in [0.15, 0.2) is 70.6 Å². The van der Waals surface area contributed by atoms with E-state index in [0.29, 0.717) is 40.5 Å². The number of benzene rings is 3. The molecular weight excluding hydrogens is 603 g/mol. The van der Waals surface area contributed by atoms with E-state index in [1.807, 2.05) is 44.2 Å². The lowest BCUT2D eigenvalue weighted by Crippen LogP contribution is -2.23. The summed E-state index contributed by atoms with van der Waals surface area (Å²) in [6.45, 7) is 4.86. The first-order chi connectivity index (χ1) is 17.7. The summed E-state index contributed by atoms with van der Waals surface area (Å²) >= 11 is 3.48. The van der Waals surface area contributed by atoms with Crippen LogP contribution in [0.2, 0.25) is 0 Å². The van der Waals surface area contributed by atoms with Gasteiger partial charge >= 0.3 is 5.97 Å². The number of nitrogens with zero attached hydrogens (tertiary/aromatic N) is 2. The number of aryl methyl sites for hydroxylation is 1. The maximum atomic E-state index is 12.9. The number of amides is 1. The Morgan fingerprint density at radius 3 is 2.46 bits per heavy atom. The molecule has 0 bridgehead atoms. The third-order valence-corrected chi connectivity index (χ3v) is 7.34. The number of aliphatic imine (C=N–C) groups is 1. The van der Waals surface area contributed by atoms with Crippen LogP contribution in [0.3, 0.4) is 0 Å². The molecule has 190 valence electrons. The molecule has 9 heteroatoms. The van der Waals surface area contributed by atoms with Crippen LogP contribution >= 0.6 is 34.4 Å². The molecule has 0 saturated carbocycles. The monoisotopic (exact) mass is 628 g/mol. The fraction of sp³-hybridized carbons (Fsp3) is 0.179. The van der Waals surface area contributed by atoms with Gasteiger partial charge < -0.3 is 14.6 Å². The van der Waals surface area contributed by atoms with Gasteiger partial charge in [0.2, 0.25) is 0 Å². The summed E-state index contributed by atoms with van der Waals surface area (Å²) in [7, 11) is 1.66. The number of aromatic carboxylic acids is 1. The van der Waals surface area contributed by atoms with Gasteiger partial charge in [-0.25, -0.2) is 9.79 Å². The standard InChI is InChI=1S/C28H25IN2O5S/c1-4-35-23-14-19(13-22(29)25(23)36-16-18-7-5-17(2)6-8-18)15-24-26(32)31(3)28(37-24)30-21-11-9-20(10-12-21)27(33)34/h5-15H,4,16H2,1-3H3,(H,33,34). The number of ether oxygens (including phenoxy) is 2. The van der Waals surface area contributed by atoms with E-state index in [-0.39, 0.29) is 11.5 Å². The lowest BCUT2D eigenvalue weighted by atomic mass is 10.1. The molecule has 3 aromatic carbocycles. The van der Waals surface area contributed by atoms with Crippen LogP contribution in [0.1, 0.15) is 34.0 Å². The van der Waals surface area contributed by atoms with E-state index in [2.05, 4.69) is 39.7 Å². The summed E-state index contributed by atoms with van der Waals surface area (Å²) in [5, 5.41) is 9.59. The first kappa shape index (κ1) is 26.7. The zero-order chi connectivity index (χ0) is 26.5. The van der Waals surface area contributed by atoms with Gasteiger partial charge in [0.15, 0.2) is 16.7 Å². The summed E-state index contributed by atoms with van der Waals surface area (Å²) in [6.07, 6.45) is 1.81. The average Bonchev–Trinajstić information content (AvgIpc) is 3.12. The molecule has 37 heavy (non-hydrogen) atoms. The number of halogens is 1. The Labute approximate surface area is 233 Å². The van der Waals surface area contributed by atoms with Crippen molar-refractivity contribution in [3.8, 4) is 11.5 Å². The Kier molecular flexibility index (Phi) is 8.55. The van der Waals surface area contributed by atoms with Crippen LogP contribution in [0, 0.1) is 10.5 Å². The summed E-state index contributed by atoms with van der Waals surface area (Å²) in [5.41, 5.74) is 3.82. The molecule has 3 aromatic rings. The molecule has 1 N–H and O–H groups in total. The zero-order valence-corrected chi connectivity index (χ0v) is 23.5. The van der Waals surface area contributed by atoms with E-state index < -0.39 is 5.97 Å². The number of amidine groups is 1. The third-order valence-electron chi connectivity index (χ3n) is 5.48. The third kappa shape index (κ3) is 6.53. The van der Waals surface area contributed by atoms with Crippen molar-refractivity contribution in [3.05, 3.63) is 91.4 Å². The zero-order valence-electron chi connectivity index (χ0n) is 20.5. The highest BCUT2D eigenvalue weighted by Gasteiger charge is 2.30. The van der Waals surface area contributed by atoms with E-state index in [9.17, 15) is 9.59 Å². The molecule has 1 fully saturated rings. The summed E-state index contributed by atoms with van der Waals surface area (Å²) in [4.78, 5) is 30.5. The van der Waals surface area contributed by atoms with Gasteiger partial charge in [-0.3, -0.25) is 9.69 Å². The van der Waals surface area contributed by atoms with Crippen molar-refractivity contribution in [1.82, 2.24) is 4.90 Å². The number of hydrogen-bond acceptors (Lipinski definition) is 6. The molecule has 0 radical (unpaired) electrons. The van der Waals surface area contributed by atoms with Crippen LogP contribution in [-0.4, -0.2) is 40.7 Å². The molecule has 0 unspecified atom stereocenters. The maximum Gasteiger partial charge on any atom is 0.335 e. The second-order valence-electron chi connectivity index (χ2n) is 8.26. The highest BCUT2D eigenvalue weighted by atomic mass is 127. The van der Waals surface area contributed by atoms with Crippen LogP contribution in [-0.2, 0) is 11.4 Å². The van der Waals surface area contributed by atoms with Crippen LogP contribution in [0.25, 0.3) is 6.08 Å². The van der Waals surface area contributed by atoms with Crippen molar-refractivity contribution >= 4 is 63.2 Å². The van der Waals surface area contributed by atoms with Gasteiger partial charge in [0.25, 0.3) is 5.91 Å². The highest BCUT2D eigenvalue weighted by molar-refractivity contribution is 14.1. The minimum atomic E-state index is -1.00. The fourth-order valence-electron chi connectivity index (χ4n) is 3.51. The molecule has 0 aliphatic carbocycles. The topological polar surface area (TPSA) is 88.4 Å². The lowest BCUT2D eigenvalue weighted by Gasteiger charge is -2.15. The van der Waals surface area contributed by atoms with Gasteiger partial charge in [0.1, 0.15) is 6.61 Å². The van der Waals surface area contributed by atoms with E-state index >= 15 is 0 Å². The number of carboxylic acids is 1. The second kappa shape index (κ2) is 11.8. The quantitative estimate of drug-likeness (QED) is 0.226. The van der Waals surface area contributed by atoms with Gasteiger partial charge in [-0.2, -0.15) is 0 Å². The summed E-state index contributed by atoms with van der Waals surface area (Å²) < 4.78 is 12.9. The van der Waals surface area contributed by atoms with Crippen molar-refractivity contribution in [2.45, 2.75) is 20.5 Å². The first-order valence-electron chi connectivity index (χ1n) is 11.5. The Morgan fingerprint density at radius 2 is 1.81 bits per heavy atom. The maximum absolute atomic E-state index is 12.9. The SMILES string of the molecule is CCOc1cc(C=C2SC(=Nc3ccc(C(=O)O)cc3)N(C)C2=O)cc(I)c1OCc1ccc(C)cc1. The second-order valence-corrected chi connectivity index (χ2v) is 10.4. The number of rotatable bonds is 8. The van der Waals surface area contributed by atoms with Crippen LogP contribution in [0.4, 0.5) is 5.69 Å². The Bertz CT molecular complexity index is 1380. The van der Waals surface area contributed by atoms with Gasteiger partial charge in [-0.1, -0.05) is 29.8 Å². The normalized spacial score (nSPS) is 15.5. The predicted octanol–water partition coefficient (Wildman–Crippen LogP) is 6.51. The van der Waals surface area contributed by atoms with Crippen molar-refractivity contribution in [3.63, 3.8) is 0 Å². The smallest absolute Gasteiger partial charge is 0.335 e. The predicted molar refractivity (Wildman–Crippen MR) is 155 cm³/mol. The van der Waals surface area contributed by atoms with Crippen molar-refractivity contribution < 1.29 is 24.2 Å². The minimum absolute atomic E-state index is 0.168. The number of hydrogen-bond donors (Lipinski definition) is 1. The highest BCUT2D eigenvalue weighted by Crippen LogP contribution is 2.38. The van der Waals surface area contributed by atoms with Gasteiger partial charge in [0, 0.05) is 7.05 Å². The van der Waals surface area contributed by atoms with E-state index in [1.54, 1.807) is 19.2 Å². The van der Waals surface area contributed by atoms with Gasteiger partial charge in [-0.15, -0.1) is 0 Å². The minimum Gasteiger partial charge on any atom is -0.490 e. The first-order valence-corrected chi connectivity index (χ1v) is 13.4. The number of likely N-dealkylation sites (N-methyl/N-ethyl adjacent to an activating group) is 1. The molecule has 0 atom stereocenters. The molecule has 7 nitrogen and oxygen atoms in total. The Hall–Kier alpha value is -3.31. The van der Waals surface area contributed by atoms with Crippen molar-refractivity contribution in [2.24, 2.45) is 4.99 Å². The molecule has 0 spiro atoms. The van der Waals surface area contributed by atoms with Crippen LogP contribution in [0.5, 0.6) is 11.5 Å².